The number of allylic oxidation sites excluding steroid dienone is 1. The van der Waals surface area contributed by atoms with E-state index in [-0.39, 0.29) is 5.56 Å². The van der Waals surface area contributed by atoms with E-state index in [1.165, 1.54) is 24.3 Å². The Hall–Kier alpha value is -1.64. The van der Waals surface area contributed by atoms with E-state index in [0.717, 1.165) is 0 Å². The smallest absolute Gasteiger partial charge is 0.223 e. The summed E-state index contributed by atoms with van der Waals surface area (Å²) in [4.78, 5) is 12.2. The summed E-state index contributed by atoms with van der Waals surface area (Å²) < 4.78 is 15.5. The van der Waals surface area contributed by atoms with Gasteiger partial charge in [-0.2, -0.15) is 0 Å². The highest BCUT2D eigenvalue weighted by molar-refractivity contribution is 6.34. The van der Waals surface area contributed by atoms with Gasteiger partial charge in [0.05, 0.1) is 0 Å². The first-order chi connectivity index (χ1) is 9.51. The average molecular weight is 307 g/mol. The van der Waals surface area contributed by atoms with Crippen LogP contribution >= 0.6 is 23.2 Å². The summed E-state index contributed by atoms with van der Waals surface area (Å²) in [5, 5.41) is 0.591. The summed E-state index contributed by atoms with van der Waals surface area (Å²) in [6.07, 6.45) is 2.86. The lowest BCUT2D eigenvalue weighted by Gasteiger charge is -2.28. The number of ketones is 1. The monoisotopic (exact) mass is 306 g/mol. The minimum Gasteiger partial charge on any atom is -0.290 e. The third-order valence-electron chi connectivity index (χ3n) is 3.35. The quantitative estimate of drug-likeness (QED) is 0.739. The fourth-order valence-corrected chi connectivity index (χ4v) is 2.95. The van der Waals surface area contributed by atoms with Crippen molar-refractivity contribution in [1.29, 1.82) is 0 Å². The first kappa shape index (κ1) is 13.3. The van der Waals surface area contributed by atoms with Crippen molar-refractivity contribution in [3.05, 3.63) is 75.3 Å². The number of fused-ring (bicyclic) bond motifs is 1. The van der Waals surface area contributed by atoms with E-state index in [4.69, 9.17) is 23.2 Å². The van der Waals surface area contributed by atoms with E-state index in [1.807, 2.05) is 0 Å². The van der Waals surface area contributed by atoms with Crippen molar-refractivity contribution in [3.8, 4) is 0 Å². The largest absolute Gasteiger partial charge is 0.290 e. The SMILES string of the molecule is O=C1C=Cc2ccccc2C1(F)c1cc(Cl)cc(Cl)c1. The molecule has 1 aliphatic rings. The lowest BCUT2D eigenvalue weighted by atomic mass is 9.79. The number of carbonyl (C=O) groups excluding carboxylic acids is 1. The number of carbonyl (C=O) groups is 1. The zero-order valence-electron chi connectivity index (χ0n) is 10.2. The zero-order chi connectivity index (χ0) is 14.3. The van der Waals surface area contributed by atoms with Crippen LogP contribution in [0, 0.1) is 0 Å². The fourth-order valence-electron chi connectivity index (χ4n) is 2.42. The van der Waals surface area contributed by atoms with Crippen LogP contribution in [0.3, 0.4) is 0 Å². The van der Waals surface area contributed by atoms with Crippen LogP contribution in [0.4, 0.5) is 4.39 Å². The Balaban J connectivity index is 2.29. The fraction of sp³-hybridized carbons (Fsp3) is 0.0625. The molecule has 0 radical (unpaired) electrons. The highest BCUT2D eigenvalue weighted by Gasteiger charge is 2.44. The molecule has 100 valence electrons. The molecule has 0 bridgehead atoms. The summed E-state index contributed by atoms with van der Waals surface area (Å²) in [5.41, 5.74) is -1.12. The Morgan fingerprint density at radius 1 is 0.950 bits per heavy atom. The van der Waals surface area contributed by atoms with Gasteiger partial charge in [-0.25, -0.2) is 4.39 Å². The van der Waals surface area contributed by atoms with Crippen LogP contribution in [0.1, 0.15) is 16.7 Å². The topological polar surface area (TPSA) is 17.1 Å². The molecule has 3 rings (SSSR count). The molecule has 2 aromatic carbocycles. The van der Waals surface area contributed by atoms with E-state index in [1.54, 1.807) is 30.3 Å². The molecule has 1 aliphatic carbocycles. The van der Waals surface area contributed by atoms with Crippen molar-refractivity contribution in [3.63, 3.8) is 0 Å². The van der Waals surface area contributed by atoms with E-state index >= 15 is 4.39 Å². The Kier molecular flexibility index (Phi) is 3.15. The maximum absolute atomic E-state index is 15.5. The number of hydrogen-bond donors (Lipinski definition) is 0. The van der Waals surface area contributed by atoms with Crippen LogP contribution in [-0.4, -0.2) is 5.78 Å². The van der Waals surface area contributed by atoms with Gasteiger partial charge in [0.2, 0.25) is 11.5 Å². The van der Waals surface area contributed by atoms with E-state index in [9.17, 15) is 4.79 Å². The summed E-state index contributed by atoms with van der Waals surface area (Å²) >= 11 is 11.9. The summed E-state index contributed by atoms with van der Waals surface area (Å²) in [5.74, 6) is -0.630. The summed E-state index contributed by atoms with van der Waals surface area (Å²) in [6.45, 7) is 0. The van der Waals surface area contributed by atoms with Crippen molar-refractivity contribution in [1.82, 2.24) is 0 Å². The Morgan fingerprint density at radius 2 is 1.60 bits per heavy atom. The molecule has 4 heteroatoms. The Morgan fingerprint density at radius 3 is 2.30 bits per heavy atom. The van der Waals surface area contributed by atoms with Gasteiger partial charge in [-0.05, 0) is 29.8 Å². The molecule has 0 aromatic heterocycles. The highest BCUT2D eigenvalue weighted by Crippen LogP contribution is 2.42. The lowest BCUT2D eigenvalue weighted by molar-refractivity contribution is -0.123. The van der Waals surface area contributed by atoms with E-state index < -0.39 is 11.5 Å². The van der Waals surface area contributed by atoms with Crippen molar-refractivity contribution < 1.29 is 9.18 Å². The van der Waals surface area contributed by atoms with Crippen LogP contribution in [-0.2, 0) is 10.5 Å². The predicted molar refractivity (Wildman–Crippen MR) is 78.8 cm³/mol. The molecule has 1 atom stereocenters. The molecule has 0 N–H and O–H groups in total. The molecule has 0 heterocycles. The molecule has 0 fully saturated rings. The molecule has 1 nitrogen and oxygen atoms in total. The van der Waals surface area contributed by atoms with Crippen LogP contribution in [0.15, 0.2) is 48.5 Å². The van der Waals surface area contributed by atoms with Crippen molar-refractivity contribution in [2.75, 3.05) is 0 Å². The van der Waals surface area contributed by atoms with Gasteiger partial charge in [-0.3, -0.25) is 4.79 Å². The van der Waals surface area contributed by atoms with Crippen molar-refractivity contribution >= 4 is 35.1 Å². The second-order valence-electron chi connectivity index (χ2n) is 4.60. The number of halogens is 3. The number of alkyl halides is 1. The van der Waals surface area contributed by atoms with Crippen molar-refractivity contribution in [2.24, 2.45) is 0 Å². The molecule has 20 heavy (non-hydrogen) atoms. The Bertz CT molecular complexity index is 719. The van der Waals surface area contributed by atoms with Crippen LogP contribution in [0.5, 0.6) is 0 Å². The third-order valence-corrected chi connectivity index (χ3v) is 3.78. The molecule has 2 aromatic rings. The number of benzene rings is 2. The minimum absolute atomic E-state index is 0.150. The van der Waals surface area contributed by atoms with Crippen LogP contribution in [0.2, 0.25) is 10.0 Å². The van der Waals surface area contributed by atoms with Crippen LogP contribution in [0.25, 0.3) is 6.08 Å². The van der Waals surface area contributed by atoms with Gasteiger partial charge in [0.15, 0.2) is 0 Å². The highest BCUT2D eigenvalue weighted by atomic mass is 35.5. The number of hydrogen-bond acceptors (Lipinski definition) is 1. The Labute approximate surface area is 125 Å². The maximum atomic E-state index is 15.5. The molecule has 0 saturated carbocycles. The first-order valence-corrected chi connectivity index (χ1v) is 6.75. The molecule has 0 aliphatic heterocycles. The van der Waals surface area contributed by atoms with Crippen LogP contribution < -0.4 is 0 Å². The second kappa shape index (κ2) is 4.72. The van der Waals surface area contributed by atoms with Gasteiger partial charge in [0.1, 0.15) is 0 Å². The van der Waals surface area contributed by atoms with Gasteiger partial charge in [0.25, 0.3) is 0 Å². The summed E-state index contributed by atoms with van der Waals surface area (Å²) in [6, 6.07) is 11.2. The third kappa shape index (κ3) is 1.96. The summed E-state index contributed by atoms with van der Waals surface area (Å²) in [7, 11) is 0. The van der Waals surface area contributed by atoms with Gasteiger partial charge < -0.3 is 0 Å². The molecular weight excluding hydrogens is 298 g/mol. The average Bonchev–Trinajstić information content (AvgIpc) is 2.42. The van der Waals surface area contributed by atoms with E-state index in [2.05, 4.69) is 0 Å². The normalized spacial score (nSPS) is 20.9. The lowest BCUT2D eigenvalue weighted by Crippen LogP contribution is -2.33. The molecular formula is C16H9Cl2FO. The first-order valence-electron chi connectivity index (χ1n) is 5.99. The standard InChI is InChI=1S/C16H9Cl2FO/c17-12-7-11(8-13(18)9-12)16(19)14-4-2-1-3-10(14)5-6-15(16)20/h1-9H. The van der Waals surface area contributed by atoms with Gasteiger partial charge in [-0.15, -0.1) is 0 Å². The van der Waals surface area contributed by atoms with Crippen molar-refractivity contribution in [2.45, 2.75) is 5.67 Å². The minimum atomic E-state index is -2.25. The maximum Gasteiger partial charge on any atom is 0.223 e. The predicted octanol–water partition coefficient (Wildman–Crippen LogP) is 4.80. The van der Waals surface area contributed by atoms with Gasteiger partial charge in [-0.1, -0.05) is 53.5 Å². The van der Waals surface area contributed by atoms with E-state index in [0.29, 0.717) is 21.2 Å². The molecule has 0 amide bonds. The van der Waals surface area contributed by atoms with Gasteiger partial charge in [0, 0.05) is 21.2 Å². The molecule has 0 spiro atoms. The van der Waals surface area contributed by atoms with Gasteiger partial charge >= 0.3 is 0 Å². The number of rotatable bonds is 1. The zero-order valence-corrected chi connectivity index (χ0v) is 11.8. The second-order valence-corrected chi connectivity index (χ2v) is 5.47. The molecule has 1 unspecified atom stereocenters. The molecule has 0 saturated heterocycles.